The minimum atomic E-state index is -3.86. The smallest absolute Gasteiger partial charge is 0.412 e. The average molecular weight is 413 g/mol. The summed E-state index contributed by atoms with van der Waals surface area (Å²) in [5.41, 5.74) is -0.736. The molecular weight excluding hydrogens is 393 g/mol. The second-order valence-electron chi connectivity index (χ2n) is 6.60. The Morgan fingerprint density at radius 1 is 1.07 bits per heavy atom. The average Bonchev–Trinajstić information content (AvgIpc) is 3.06. The molecule has 0 atom stereocenters. The van der Waals surface area contributed by atoms with Gasteiger partial charge >= 0.3 is 6.09 Å². The van der Waals surface area contributed by atoms with E-state index in [-0.39, 0.29) is 17.1 Å². The van der Waals surface area contributed by atoms with E-state index in [9.17, 15) is 22.4 Å². The largest absolute Gasteiger partial charge is 0.444 e. The Labute approximate surface area is 161 Å². The van der Waals surface area contributed by atoms with Crippen LogP contribution in [-0.2, 0) is 14.8 Å². The lowest BCUT2D eigenvalue weighted by molar-refractivity contribution is 0.0635. The quantitative estimate of drug-likeness (QED) is 0.692. The maximum Gasteiger partial charge on any atom is 0.412 e. The van der Waals surface area contributed by atoms with Crippen molar-refractivity contribution < 1.29 is 31.6 Å². The fourth-order valence-electron chi connectivity index (χ4n) is 2.01. The van der Waals surface area contributed by atoms with Crippen LogP contribution in [0.15, 0.2) is 39.8 Å². The summed E-state index contributed by atoms with van der Waals surface area (Å²) in [6.07, 6.45) is -0.796. The summed E-state index contributed by atoms with van der Waals surface area (Å²) < 4.78 is 49.2. The van der Waals surface area contributed by atoms with Crippen molar-refractivity contribution >= 4 is 33.4 Å². The summed E-state index contributed by atoms with van der Waals surface area (Å²) in [5, 5.41) is 4.32. The van der Waals surface area contributed by atoms with E-state index in [2.05, 4.69) is 15.4 Å². The van der Waals surface area contributed by atoms with E-state index in [0.29, 0.717) is 0 Å². The van der Waals surface area contributed by atoms with Crippen LogP contribution < -0.4 is 15.4 Å². The maximum absolute atomic E-state index is 13.6. The second kappa shape index (κ2) is 7.98. The molecule has 0 aliphatic rings. The molecule has 0 bridgehead atoms. The van der Waals surface area contributed by atoms with Crippen LogP contribution in [0.2, 0.25) is 0 Å². The normalized spacial score (nSPS) is 11.8. The third-order valence-electron chi connectivity index (χ3n) is 3.20. The SMILES string of the molecule is CNS(=O)(=O)c1ccc(C(=O)Nc2cc(F)ccc2NC(=O)OC(C)(C)C)o1. The van der Waals surface area contributed by atoms with E-state index < -0.39 is 38.5 Å². The predicted octanol–water partition coefficient (Wildman–Crippen LogP) is 2.93. The van der Waals surface area contributed by atoms with Crippen molar-refractivity contribution in [1.82, 2.24) is 4.72 Å². The number of nitrogens with one attached hydrogen (secondary N) is 3. The van der Waals surface area contributed by atoms with Gasteiger partial charge in [-0.05, 0) is 58.2 Å². The van der Waals surface area contributed by atoms with Crippen LogP contribution in [0.1, 0.15) is 31.3 Å². The first-order valence-corrected chi connectivity index (χ1v) is 9.54. The molecule has 1 aromatic carbocycles. The molecule has 152 valence electrons. The molecule has 1 aromatic heterocycles. The Kier molecular flexibility index (Phi) is 6.10. The summed E-state index contributed by atoms with van der Waals surface area (Å²) in [5.74, 6) is -1.82. The van der Waals surface area contributed by atoms with Crippen molar-refractivity contribution in [2.45, 2.75) is 31.5 Å². The zero-order chi connectivity index (χ0) is 21.1. The summed E-state index contributed by atoms with van der Waals surface area (Å²) in [6, 6.07) is 5.57. The van der Waals surface area contributed by atoms with Crippen molar-refractivity contribution in [2.24, 2.45) is 0 Å². The monoisotopic (exact) mass is 413 g/mol. The molecule has 9 nitrogen and oxygen atoms in total. The summed E-state index contributed by atoms with van der Waals surface area (Å²) in [4.78, 5) is 24.3. The number of halogens is 1. The molecule has 0 aliphatic carbocycles. The van der Waals surface area contributed by atoms with Gasteiger partial charge in [-0.3, -0.25) is 10.1 Å². The summed E-state index contributed by atoms with van der Waals surface area (Å²) >= 11 is 0. The zero-order valence-electron chi connectivity index (χ0n) is 15.6. The molecule has 3 N–H and O–H groups in total. The highest BCUT2D eigenvalue weighted by atomic mass is 32.2. The second-order valence-corrected chi connectivity index (χ2v) is 8.41. The number of hydrogen-bond donors (Lipinski definition) is 3. The maximum atomic E-state index is 13.6. The van der Waals surface area contributed by atoms with E-state index >= 15 is 0 Å². The minimum absolute atomic E-state index is 0.0646. The van der Waals surface area contributed by atoms with E-state index in [1.165, 1.54) is 13.1 Å². The third kappa shape index (κ3) is 5.54. The minimum Gasteiger partial charge on any atom is -0.444 e. The van der Waals surface area contributed by atoms with Crippen LogP contribution in [0.25, 0.3) is 0 Å². The highest BCUT2D eigenvalue weighted by Crippen LogP contribution is 2.25. The number of amides is 2. The standard InChI is InChI=1S/C17H20FN3O6S/c1-17(2,3)27-16(23)21-11-6-5-10(18)9-12(11)20-15(22)13-7-8-14(26-13)28(24,25)19-4/h5-9,19H,1-4H3,(H,20,22)(H,21,23). The molecule has 0 saturated carbocycles. The third-order valence-corrected chi connectivity index (χ3v) is 4.49. The molecule has 1 heterocycles. The zero-order valence-corrected chi connectivity index (χ0v) is 16.4. The van der Waals surface area contributed by atoms with Crippen LogP contribution in [0.5, 0.6) is 0 Å². The van der Waals surface area contributed by atoms with Gasteiger partial charge < -0.3 is 14.5 Å². The van der Waals surface area contributed by atoms with Gasteiger partial charge in [-0.1, -0.05) is 0 Å². The van der Waals surface area contributed by atoms with Gasteiger partial charge in [0.15, 0.2) is 5.76 Å². The lowest BCUT2D eigenvalue weighted by Crippen LogP contribution is -2.27. The van der Waals surface area contributed by atoms with Crippen LogP contribution in [0, 0.1) is 5.82 Å². The van der Waals surface area contributed by atoms with Gasteiger partial charge in [0.2, 0.25) is 5.09 Å². The van der Waals surface area contributed by atoms with Gasteiger partial charge in [0.1, 0.15) is 11.4 Å². The number of benzene rings is 1. The predicted molar refractivity (Wildman–Crippen MR) is 99.2 cm³/mol. The first-order chi connectivity index (χ1) is 12.9. The van der Waals surface area contributed by atoms with Crippen molar-refractivity contribution in [1.29, 1.82) is 0 Å². The van der Waals surface area contributed by atoms with Crippen molar-refractivity contribution in [3.63, 3.8) is 0 Å². The van der Waals surface area contributed by atoms with Gasteiger partial charge in [-0.2, -0.15) is 0 Å². The molecule has 0 aliphatic heterocycles. The van der Waals surface area contributed by atoms with E-state index in [4.69, 9.17) is 9.15 Å². The number of anilines is 2. The molecule has 11 heteroatoms. The van der Waals surface area contributed by atoms with Crippen LogP contribution in [0.3, 0.4) is 0 Å². The van der Waals surface area contributed by atoms with Crippen molar-refractivity contribution in [3.05, 3.63) is 41.9 Å². The molecular formula is C17H20FN3O6S. The number of carbonyl (C=O) groups is 2. The molecule has 0 spiro atoms. The van der Waals surface area contributed by atoms with E-state index in [1.807, 2.05) is 0 Å². The number of ether oxygens (including phenoxy) is 1. The van der Waals surface area contributed by atoms with Crippen molar-refractivity contribution in [3.8, 4) is 0 Å². The Morgan fingerprint density at radius 3 is 2.36 bits per heavy atom. The van der Waals surface area contributed by atoms with Crippen molar-refractivity contribution in [2.75, 3.05) is 17.7 Å². The van der Waals surface area contributed by atoms with Crippen LogP contribution in [-0.4, -0.2) is 33.1 Å². The van der Waals surface area contributed by atoms with Gasteiger partial charge in [0, 0.05) is 0 Å². The van der Waals surface area contributed by atoms with E-state index in [1.54, 1.807) is 20.8 Å². The molecule has 0 radical (unpaired) electrons. The molecule has 2 amide bonds. The Balaban J connectivity index is 2.22. The number of carbonyl (C=O) groups excluding carboxylic acids is 2. The first kappa shape index (κ1) is 21.4. The Bertz CT molecular complexity index is 995. The Hall–Kier alpha value is -2.92. The molecule has 0 unspecified atom stereocenters. The molecule has 2 rings (SSSR count). The number of furan rings is 1. The highest BCUT2D eigenvalue weighted by Gasteiger charge is 2.21. The lowest BCUT2D eigenvalue weighted by atomic mass is 10.2. The van der Waals surface area contributed by atoms with Gasteiger partial charge in [-0.25, -0.2) is 22.3 Å². The fraction of sp³-hybridized carbons (Fsp3) is 0.294. The number of rotatable bonds is 5. The van der Waals surface area contributed by atoms with Crippen LogP contribution in [0.4, 0.5) is 20.6 Å². The first-order valence-electron chi connectivity index (χ1n) is 8.05. The highest BCUT2D eigenvalue weighted by molar-refractivity contribution is 7.89. The summed E-state index contributed by atoms with van der Waals surface area (Å²) in [6.45, 7) is 5.02. The lowest BCUT2D eigenvalue weighted by Gasteiger charge is -2.20. The molecule has 0 saturated heterocycles. The van der Waals surface area contributed by atoms with E-state index in [0.717, 1.165) is 24.3 Å². The van der Waals surface area contributed by atoms with Gasteiger partial charge in [-0.15, -0.1) is 0 Å². The molecule has 2 aromatic rings. The van der Waals surface area contributed by atoms with Gasteiger partial charge in [0.05, 0.1) is 11.4 Å². The van der Waals surface area contributed by atoms with Crippen LogP contribution >= 0.6 is 0 Å². The molecule has 28 heavy (non-hydrogen) atoms. The van der Waals surface area contributed by atoms with Gasteiger partial charge in [0.25, 0.3) is 15.9 Å². The number of sulfonamides is 1. The summed E-state index contributed by atoms with van der Waals surface area (Å²) in [7, 11) is -2.67. The Morgan fingerprint density at radius 2 is 1.75 bits per heavy atom. The number of hydrogen-bond acceptors (Lipinski definition) is 6. The topological polar surface area (TPSA) is 127 Å². The fourth-order valence-corrected chi connectivity index (χ4v) is 2.66. The molecule has 0 fully saturated rings.